The first kappa shape index (κ1) is 17.7. The molecule has 0 amide bonds. The Labute approximate surface area is 139 Å². The Morgan fingerprint density at radius 1 is 1.17 bits per heavy atom. The molecule has 130 valence electrons. The minimum absolute atomic E-state index is 0.154. The lowest BCUT2D eigenvalue weighted by Gasteiger charge is -2.12. The molecule has 1 aromatic heterocycles. The number of tetrazole rings is 1. The quantitative estimate of drug-likeness (QED) is 0.512. The number of carbonyl (C=O) groups excluding carboxylic acids is 1. The van der Waals surface area contributed by atoms with Crippen LogP contribution in [0.1, 0.15) is 29.0 Å². The van der Waals surface area contributed by atoms with E-state index in [4.69, 9.17) is 18.9 Å². The fourth-order valence-corrected chi connectivity index (χ4v) is 1.91. The summed E-state index contributed by atoms with van der Waals surface area (Å²) in [5.74, 6) is 0.893. The van der Waals surface area contributed by atoms with Gasteiger partial charge in [-0.25, -0.2) is 4.79 Å². The molecule has 1 heterocycles. The lowest BCUT2D eigenvalue weighted by molar-refractivity contribution is 0.0595. The van der Waals surface area contributed by atoms with Crippen molar-refractivity contribution in [1.29, 1.82) is 0 Å². The van der Waals surface area contributed by atoms with Crippen molar-refractivity contribution in [2.24, 2.45) is 0 Å². The van der Waals surface area contributed by atoms with E-state index in [1.54, 1.807) is 25.3 Å². The van der Waals surface area contributed by atoms with E-state index in [0.29, 0.717) is 36.1 Å². The third-order valence-corrected chi connectivity index (χ3v) is 3.12. The number of nitrogens with zero attached hydrogens (tertiary/aromatic N) is 3. The Morgan fingerprint density at radius 2 is 2.00 bits per heavy atom. The van der Waals surface area contributed by atoms with Crippen molar-refractivity contribution in [3.8, 4) is 11.5 Å². The van der Waals surface area contributed by atoms with Crippen molar-refractivity contribution in [3.63, 3.8) is 0 Å². The minimum atomic E-state index is -0.466. The smallest absolute Gasteiger partial charge is 0.341 e. The van der Waals surface area contributed by atoms with Crippen molar-refractivity contribution in [2.75, 3.05) is 27.4 Å². The lowest BCUT2D eigenvalue weighted by atomic mass is 10.2. The summed E-state index contributed by atoms with van der Waals surface area (Å²) in [7, 11) is 2.98. The van der Waals surface area contributed by atoms with Crippen LogP contribution in [-0.4, -0.2) is 54.0 Å². The number of esters is 1. The minimum Gasteiger partial charge on any atom is -0.493 e. The number of aromatic nitrogens is 4. The first-order valence-corrected chi connectivity index (χ1v) is 7.44. The van der Waals surface area contributed by atoms with Crippen LogP contribution in [-0.2, 0) is 16.1 Å². The van der Waals surface area contributed by atoms with E-state index in [0.717, 1.165) is 12.8 Å². The number of unbranched alkanes of at least 4 members (excludes halogenated alkanes) is 1. The highest BCUT2D eigenvalue weighted by molar-refractivity contribution is 5.92. The van der Waals surface area contributed by atoms with Crippen molar-refractivity contribution >= 4 is 5.97 Å². The van der Waals surface area contributed by atoms with E-state index in [2.05, 4.69) is 20.6 Å². The summed E-state index contributed by atoms with van der Waals surface area (Å²) in [6.45, 7) is 1.28. The Kier molecular flexibility index (Phi) is 6.96. The van der Waals surface area contributed by atoms with Crippen LogP contribution in [0, 0.1) is 0 Å². The Balaban J connectivity index is 2.01. The highest BCUT2D eigenvalue weighted by atomic mass is 16.5. The number of aromatic amines is 1. The Morgan fingerprint density at radius 3 is 2.71 bits per heavy atom. The van der Waals surface area contributed by atoms with E-state index < -0.39 is 5.97 Å². The highest BCUT2D eigenvalue weighted by Gasteiger charge is 2.14. The molecular weight excluding hydrogens is 316 g/mol. The predicted molar refractivity (Wildman–Crippen MR) is 82.9 cm³/mol. The van der Waals surface area contributed by atoms with Crippen LogP contribution in [0.5, 0.6) is 11.5 Å². The lowest BCUT2D eigenvalue weighted by Crippen LogP contribution is -2.08. The number of ether oxygens (including phenoxy) is 4. The molecule has 1 aromatic carbocycles. The highest BCUT2D eigenvalue weighted by Crippen LogP contribution is 2.26. The summed E-state index contributed by atoms with van der Waals surface area (Å²) in [5, 5.41) is 13.4. The van der Waals surface area contributed by atoms with Gasteiger partial charge >= 0.3 is 5.97 Å². The van der Waals surface area contributed by atoms with Gasteiger partial charge < -0.3 is 18.9 Å². The second-order valence-corrected chi connectivity index (χ2v) is 4.81. The van der Waals surface area contributed by atoms with Gasteiger partial charge in [-0.15, -0.1) is 10.2 Å². The molecule has 1 N–H and O–H groups in total. The normalized spacial score (nSPS) is 10.4. The van der Waals surface area contributed by atoms with E-state index >= 15 is 0 Å². The number of H-pyrrole nitrogens is 1. The van der Waals surface area contributed by atoms with Gasteiger partial charge in [-0.3, -0.25) is 0 Å². The average molecular weight is 336 g/mol. The monoisotopic (exact) mass is 336 g/mol. The summed E-state index contributed by atoms with van der Waals surface area (Å²) >= 11 is 0. The maximum Gasteiger partial charge on any atom is 0.341 e. The second-order valence-electron chi connectivity index (χ2n) is 4.81. The number of rotatable bonds is 10. The summed E-state index contributed by atoms with van der Waals surface area (Å²) < 4.78 is 21.0. The molecule has 0 bridgehead atoms. The molecule has 0 saturated carbocycles. The molecule has 0 radical (unpaired) electrons. The zero-order valence-corrected chi connectivity index (χ0v) is 13.7. The third-order valence-electron chi connectivity index (χ3n) is 3.12. The number of hydrogen-bond donors (Lipinski definition) is 1. The maximum absolute atomic E-state index is 11.8. The fourth-order valence-electron chi connectivity index (χ4n) is 1.91. The van der Waals surface area contributed by atoms with E-state index in [-0.39, 0.29) is 6.61 Å². The van der Waals surface area contributed by atoms with Gasteiger partial charge in [0.15, 0.2) is 6.61 Å². The van der Waals surface area contributed by atoms with E-state index in [1.165, 1.54) is 7.11 Å². The van der Waals surface area contributed by atoms with Crippen LogP contribution in [0.3, 0.4) is 0 Å². The number of benzene rings is 1. The summed E-state index contributed by atoms with van der Waals surface area (Å²) in [5.41, 5.74) is 0.344. The topological polar surface area (TPSA) is 108 Å². The summed E-state index contributed by atoms with van der Waals surface area (Å²) in [6.07, 6.45) is 1.68. The number of nitrogens with one attached hydrogen (secondary N) is 1. The van der Waals surface area contributed by atoms with E-state index in [9.17, 15) is 4.79 Å². The van der Waals surface area contributed by atoms with Gasteiger partial charge in [0.1, 0.15) is 17.1 Å². The van der Waals surface area contributed by atoms with Crippen LogP contribution in [0.25, 0.3) is 0 Å². The average Bonchev–Trinajstić information content (AvgIpc) is 3.13. The Bertz CT molecular complexity index is 633. The summed E-state index contributed by atoms with van der Waals surface area (Å²) in [4.78, 5) is 11.8. The number of carbonyl (C=O) groups is 1. The van der Waals surface area contributed by atoms with Crippen molar-refractivity contribution < 1.29 is 23.7 Å². The van der Waals surface area contributed by atoms with Crippen molar-refractivity contribution in [1.82, 2.24) is 20.6 Å². The van der Waals surface area contributed by atoms with Crippen molar-refractivity contribution in [2.45, 2.75) is 19.4 Å². The summed E-state index contributed by atoms with van der Waals surface area (Å²) in [6, 6.07) is 4.90. The third kappa shape index (κ3) is 5.20. The maximum atomic E-state index is 11.8. The first-order valence-electron chi connectivity index (χ1n) is 7.44. The van der Waals surface area contributed by atoms with Crippen LogP contribution in [0.4, 0.5) is 0 Å². The molecule has 0 fully saturated rings. The second kappa shape index (κ2) is 9.46. The van der Waals surface area contributed by atoms with Gasteiger partial charge in [0, 0.05) is 19.8 Å². The first-order chi connectivity index (χ1) is 11.7. The molecule has 0 aliphatic heterocycles. The van der Waals surface area contributed by atoms with Crippen LogP contribution >= 0.6 is 0 Å². The molecule has 0 atom stereocenters. The zero-order valence-electron chi connectivity index (χ0n) is 13.7. The predicted octanol–water partition coefficient (Wildman–Crippen LogP) is 1.37. The largest absolute Gasteiger partial charge is 0.493 e. The van der Waals surface area contributed by atoms with Crippen LogP contribution < -0.4 is 9.47 Å². The zero-order chi connectivity index (χ0) is 17.2. The molecule has 0 aliphatic rings. The molecule has 9 nitrogen and oxygen atoms in total. The van der Waals surface area contributed by atoms with Crippen LogP contribution in [0.2, 0.25) is 0 Å². The van der Waals surface area contributed by atoms with E-state index in [1.807, 2.05) is 0 Å². The molecule has 9 heteroatoms. The molecule has 24 heavy (non-hydrogen) atoms. The van der Waals surface area contributed by atoms with Gasteiger partial charge in [-0.05, 0) is 25.0 Å². The van der Waals surface area contributed by atoms with Gasteiger partial charge in [-0.1, -0.05) is 5.21 Å². The molecular formula is C15H20N4O5. The van der Waals surface area contributed by atoms with Crippen LogP contribution in [0.15, 0.2) is 18.2 Å². The molecule has 2 rings (SSSR count). The number of hydrogen-bond acceptors (Lipinski definition) is 8. The van der Waals surface area contributed by atoms with Gasteiger partial charge in [0.2, 0.25) is 5.82 Å². The van der Waals surface area contributed by atoms with Gasteiger partial charge in [-0.2, -0.15) is 5.21 Å². The molecule has 0 unspecified atom stereocenters. The number of methoxy groups -OCH3 is 2. The molecule has 0 saturated heterocycles. The molecule has 2 aromatic rings. The molecule has 0 spiro atoms. The fraction of sp³-hybridized carbons (Fsp3) is 0.467. The standard InChI is InChI=1S/C15H20N4O5/c1-21-7-3-4-8-23-13-9-11(5-6-12(13)15(20)22-2)24-10-14-16-18-19-17-14/h5-6,9H,3-4,7-8,10H2,1-2H3,(H,16,17,18,19). The molecule has 0 aliphatic carbocycles. The van der Waals surface area contributed by atoms with Gasteiger partial charge in [0.05, 0.1) is 13.7 Å². The SMILES string of the molecule is COCCCCOc1cc(OCc2nn[nH]n2)ccc1C(=O)OC. The Hall–Kier alpha value is -2.68. The van der Waals surface area contributed by atoms with Crippen molar-refractivity contribution in [3.05, 3.63) is 29.6 Å². The van der Waals surface area contributed by atoms with Gasteiger partial charge in [0.25, 0.3) is 0 Å².